The van der Waals surface area contributed by atoms with Crippen molar-refractivity contribution in [3.8, 4) is 22.3 Å². The van der Waals surface area contributed by atoms with Crippen molar-refractivity contribution in [3.05, 3.63) is 175 Å². The van der Waals surface area contributed by atoms with Crippen LogP contribution in [0.4, 0.5) is 17.1 Å². The fraction of sp³-hybridized carbons (Fsp3) is 0.0638. The zero-order valence-electron chi connectivity index (χ0n) is 27.4. The lowest BCUT2D eigenvalue weighted by Gasteiger charge is -2.27. The molecule has 1 aromatic heterocycles. The smallest absolute Gasteiger partial charge is 0.135 e. The van der Waals surface area contributed by atoms with Gasteiger partial charge in [0.1, 0.15) is 11.2 Å². The van der Waals surface area contributed by atoms with E-state index in [1.54, 1.807) is 0 Å². The third kappa shape index (κ3) is 4.27. The Bertz CT molecular complexity index is 2750. The van der Waals surface area contributed by atoms with Crippen LogP contribution in [0, 0.1) is 0 Å². The van der Waals surface area contributed by atoms with Crippen molar-refractivity contribution in [3.63, 3.8) is 0 Å². The average Bonchev–Trinajstić information content (AvgIpc) is 3.63. The van der Waals surface area contributed by atoms with Crippen LogP contribution in [-0.4, -0.2) is 0 Å². The Kier molecular flexibility index (Phi) is 5.95. The topological polar surface area (TPSA) is 16.4 Å². The summed E-state index contributed by atoms with van der Waals surface area (Å²) in [4.78, 5) is 2.39. The van der Waals surface area contributed by atoms with Gasteiger partial charge in [0.05, 0.1) is 0 Å². The quantitative estimate of drug-likeness (QED) is 0.181. The number of rotatable bonds is 4. The zero-order valence-corrected chi connectivity index (χ0v) is 27.4. The first-order chi connectivity index (χ1) is 24.0. The number of furan rings is 1. The Morgan fingerprint density at radius 3 is 1.96 bits per heavy atom. The van der Waals surface area contributed by atoms with E-state index in [-0.39, 0.29) is 5.41 Å². The molecule has 0 atom stereocenters. The van der Waals surface area contributed by atoms with Gasteiger partial charge in [-0.2, -0.15) is 0 Å². The number of anilines is 3. The SMILES string of the molecule is CC1(C)c2ccccc2-c2cc3ccc4ccc(N(c5cccc(-c6ccccc6)c5)c5ccc6oc7ccccc7c6c5)cc4c3cc21. The van der Waals surface area contributed by atoms with Crippen LogP contribution >= 0.6 is 0 Å². The Labute approximate surface area is 285 Å². The van der Waals surface area contributed by atoms with E-state index in [9.17, 15) is 0 Å². The summed E-state index contributed by atoms with van der Waals surface area (Å²) >= 11 is 0. The fourth-order valence-corrected chi connectivity index (χ4v) is 8.13. The van der Waals surface area contributed by atoms with Gasteiger partial charge in [0, 0.05) is 33.2 Å². The molecule has 0 saturated carbocycles. The van der Waals surface area contributed by atoms with Gasteiger partial charge >= 0.3 is 0 Å². The van der Waals surface area contributed by atoms with Gasteiger partial charge < -0.3 is 9.32 Å². The number of para-hydroxylation sites is 1. The van der Waals surface area contributed by atoms with E-state index in [0.29, 0.717) is 0 Å². The van der Waals surface area contributed by atoms with Crippen molar-refractivity contribution >= 4 is 60.5 Å². The molecule has 2 nitrogen and oxygen atoms in total. The van der Waals surface area contributed by atoms with Crippen LogP contribution in [0.5, 0.6) is 0 Å². The molecular formula is C47H33NO. The summed E-state index contributed by atoms with van der Waals surface area (Å²) in [5.41, 5.74) is 12.9. The summed E-state index contributed by atoms with van der Waals surface area (Å²) < 4.78 is 6.24. The van der Waals surface area contributed by atoms with Crippen molar-refractivity contribution in [2.45, 2.75) is 19.3 Å². The molecule has 8 aromatic carbocycles. The monoisotopic (exact) mass is 627 g/mol. The number of hydrogen-bond donors (Lipinski definition) is 0. The Morgan fingerprint density at radius 2 is 1.06 bits per heavy atom. The molecule has 0 amide bonds. The number of hydrogen-bond acceptors (Lipinski definition) is 2. The number of nitrogens with zero attached hydrogens (tertiary/aromatic N) is 1. The molecule has 0 saturated heterocycles. The molecule has 0 bridgehead atoms. The third-order valence-electron chi connectivity index (χ3n) is 10.6. The third-order valence-corrected chi connectivity index (χ3v) is 10.6. The molecule has 10 rings (SSSR count). The second-order valence-corrected chi connectivity index (χ2v) is 13.8. The molecule has 232 valence electrons. The van der Waals surface area contributed by atoms with Crippen LogP contribution in [0.25, 0.3) is 65.7 Å². The van der Waals surface area contributed by atoms with Crippen molar-refractivity contribution in [1.29, 1.82) is 0 Å². The Morgan fingerprint density at radius 1 is 0.408 bits per heavy atom. The largest absolute Gasteiger partial charge is 0.456 e. The summed E-state index contributed by atoms with van der Waals surface area (Å²) in [6.07, 6.45) is 0. The molecule has 0 spiro atoms. The maximum absolute atomic E-state index is 6.24. The molecule has 1 aliphatic carbocycles. The van der Waals surface area contributed by atoms with Crippen LogP contribution in [0.15, 0.2) is 168 Å². The minimum atomic E-state index is -0.0629. The van der Waals surface area contributed by atoms with Crippen LogP contribution in [0.3, 0.4) is 0 Å². The van der Waals surface area contributed by atoms with E-state index in [0.717, 1.165) is 39.0 Å². The molecule has 0 N–H and O–H groups in total. The van der Waals surface area contributed by atoms with Gasteiger partial charge in [-0.05, 0) is 116 Å². The summed E-state index contributed by atoms with van der Waals surface area (Å²) in [6, 6.07) is 59.6. The highest BCUT2D eigenvalue weighted by atomic mass is 16.3. The van der Waals surface area contributed by atoms with Crippen LogP contribution < -0.4 is 4.90 Å². The minimum absolute atomic E-state index is 0.0629. The molecule has 9 aromatic rings. The molecule has 0 unspecified atom stereocenters. The summed E-state index contributed by atoms with van der Waals surface area (Å²) in [5.74, 6) is 0. The number of benzene rings is 8. The van der Waals surface area contributed by atoms with Crippen molar-refractivity contribution in [2.24, 2.45) is 0 Å². The predicted molar refractivity (Wildman–Crippen MR) is 206 cm³/mol. The molecule has 2 heteroatoms. The predicted octanol–water partition coefficient (Wildman–Crippen LogP) is 13.3. The lowest BCUT2D eigenvalue weighted by Crippen LogP contribution is -2.14. The van der Waals surface area contributed by atoms with Crippen LogP contribution in [0.2, 0.25) is 0 Å². The summed E-state index contributed by atoms with van der Waals surface area (Å²) in [6.45, 7) is 4.72. The fourth-order valence-electron chi connectivity index (χ4n) is 8.13. The lowest BCUT2D eigenvalue weighted by atomic mass is 9.81. The van der Waals surface area contributed by atoms with Crippen molar-refractivity contribution < 1.29 is 4.42 Å². The molecule has 0 radical (unpaired) electrons. The lowest BCUT2D eigenvalue weighted by molar-refractivity contribution is 0.661. The molecule has 0 aliphatic heterocycles. The second kappa shape index (κ2) is 10.4. The van der Waals surface area contributed by atoms with E-state index in [1.807, 2.05) is 12.1 Å². The summed E-state index contributed by atoms with van der Waals surface area (Å²) in [5, 5.41) is 7.27. The highest BCUT2D eigenvalue weighted by Crippen LogP contribution is 2.50. The van der Waals surface area contributed by atoms with Crippen LogP contribution in [0.1, 0.15) is 25.0 Å². The highest BCUT2D eigenvalue weighted by Gasteiger charge is 2.35. The second-order valence-electron chi connectivity index (χ2n) is 13.8. The highest BCUT2D eigenvalue weighted by molar-refractivity contribution is 6.11. The van der Waals surface area contributed by atoms with E-state index >= 15 is 0 Å². The zero-order chi connectivity index (χ0) is 32.7. The normalized spacial score (nSPS) is 13.3. The average molecular weight is 628 g/mol. The first-order valence-electron chi connectivity index (χ1n) is 17.0. The van der Waals surface area contributed by atoms with Crippen LogP contribution in [-0.2, 0) is 5.41 Å². The van der Waals surface area contributed by atoms with E-state index in [1.165, 1.54) is 54.9 Å². The maximum atomic E-state index is 6.24. The molecule has 0 fully saturated rings. The van der Waals surface area contributed by atoms with E-state index in [2.05, 4.69) is 170 Å². The first kappa shape index (κ1) is 27.9. The van der Waals surface area contributed by atoms with Gasteiger partial charge in [0.2, 0.25) is 0 Å². The van der Waals surface area contributed by atoms with Crippen molar-refractivity contribution in [2.75, 3.05) is 4.90 Å². The molecule has 1 heterocycles. The van der Waals surface area contributed by atoms with E-state index < -0.39 is 0 Å². The maximum Gasteiger partial charge on any atom is 0.135 e. The first-order valence-corrected chi connectivity index (χ1v) is 17.0. The van der Waals surface area contributed by atoms with Gasteiger partial charge in [0.25, 0.3) is 0 Å². The van der Waals surface area contributed by atoms with Gasteiger partial charge in [-0.3, -0.25) is 0 Å². The molecule has 1 aliphatic rings. The Hall–Kier alpha value is -6.12. The van der Waals surface area contributed by atoms with Crippen molar-refractivity contribution in [1.82, 2.24) is 0 Å². The Balaban J connectivity index is 1.21. The van der Waals surface area contributed by atoms with Gasteiger partial charge in [-0.1, -0.05) is 117 Å². The minimum Gasteiger partial charge on any atom is -0.456 e. The van der Waals surface area contributed by atoms with Gasteiger partial charge in [-0.15, -0.1) is 0 Å². The molecule has 49 heavy (non-hydrogen) atoms. The molecular weight excluding hydrogens is 595 g/mol. The standard InChI is InChI=1S/C47H33NO/c1-47(2)43-17-8-6-15-37(43)41-26-33-20-19-31-21-22-35(27-39(31)40(33)29-44(41)47)48(34-14-10-13-32(25-34)30-11-4-3-5-12-30)36-23-24-46-42(28-36)38-16-7-9-18-45(38)49-46/h3-29H,1-2H3. The van der Waals surface area contributed by atoms with E-state index in [4.69, 9.17) is 4.42 Å². The van der Waals surface area contributed by atoms with Gasteiger partial charge in [0.15, 0.2) is 0 Å². The number of fused-ring (bicyclic) bond motifs is 9. The van der Waals surface area contributed by atoms with Gasteiger partial charge in [-0.25, -0.2) is 0 Å². The summed E-state index contributed by atoms with van der Waals surface area (Å²) in [7, 11) is 0.